The molecule has 1 aliphatic rings. The lowest BCUT2D eigenvalue weighted by molar-refractivity contribution is 0.0955. The minimum absolute atomic E-state index is 0.272. The maximum atomic E-state index is 12.3. The normalized spacial score (nSPS) is 12.9. The molecular weight excluding hydrogens is 390 g/mol. The Morgan fingerprint density at radius 3 is 2.76 bits per heavy atom. The van der Waals surface area contributed by atoms with Gasteiger partial charge in [0.1, 0.15) is 19.5 Å². The molecule has 1 N–H and O–H groups in total. The summed E-state index contributed by atoms with van der Waals surface area (Å²) in [6.07, 6.45) is 3.24. The van der Waals surface area contributed by atoms with Gasteiger partial charge in [0.25, 0.3) is 5.91 Å². The molecule has 0 bridgehead atoms. The predicted molar refractivity (Wildman–Crippen MR) is 109 cm³/mol. The molecule has 3 aromatic rings. The lowest BCUT2D eigenvalue weighted by Gasteiger charge is -2.18. The molecule has 1 amide bonds. The number of aryl methyl sites for hydroxylation is 1. The van der Waals surface area contributed by atoms with Crippen molar-refractivity contribution in [3.05, 3.63) is 65.5 Å². The molecule has 0 fully saturated rings. The first-order chi connectivity index (χ1) is 14.2. The summed E-state index contributed by atoms with van der Waals surface area (Å²) in [5.41, 5.74) is 4.98. The number of benzene rings is 2. The lowest BCUT2D eigenvalue weighted by Crippen LogP contribution is -2.17. The highest BCUT2D eigenvalue weighted by atomic mass is 32.2. The summed E-state index contributed by atoms with van der Waals surface area (Å²) in [7, 11) is 1.90. The Bertz CT molecular complexity index is 1030. The first-order valence-corrected chi connectivity index (χ1v) is 9.96. The van der Waals surface area contributed by atoms with Crippen LogP contribution in [0.3, 0.4) is 0 Å². The minimum atomic E-state index is -0.272. The smallest absolute Gasteiger partial charge is 0.271 e. The number of carbonyl (C=O) groups excluding carboxylic acids is 1. The van der Waals surface area contributed by atoms with Gasteiger partial charge in [0.2, 0.25) is 0 Å². The second kappa shape index (κ2) is 8.78. The zero-order valence-corrected chi connectivity index (χ0v) is 16.6. The highest BCUT2D eigenvalue weighted by molar-refractivity contribution is 7.98. The van der Waals surface area contributed by atoms with Crippen LogP contribution >= 0.6 is 11.8 Å². The standard InChI is InChI=1S/C20H19N5O3S/c1-25-13-22-24-20(25)29-12-14-2-5-16(6-3-14)19(26)23-21-11-15-4-7-17-18(10-15)28-9-8-27-17/h2-7,10-11,13H,8-9,12H2,1H3,(H,23,26). The molecule has 2 heterocycles. The maximum Gasteiger partial charge on any atom is 0.271 e. The molecule has 148 valence electrons. The molecule has 2 aromatic carbocycles. The van der Waals surface area contributed by atoms with E-state index in [1.807, 2.05) is 41.9 Å². The second-order valence-corrected chi connectivity index (χ2v) is 7.25. The fourth-order valence-corrected chi connectivity index (χ4v) is 3.52. The van der Waals surface area contributed by atoms with Crippen LogP contribution in [0.1, 0.15) is 21.5 Å². The molecule has 0 saturated heterocycles. The van der Waals surface area contributed by atoms with Gasteiger partial charge in [0.15, 0.2) is 16.7 Å². The lowest BCUT2D eigenvalue weighted by atomic mass is 10.1. The molecule has 9 heteroatoms. The van der Waals surface area contributed by atoms with Gasteiger partial charge in [-0.15, -0.1) is 10.2 Å². The first-order valence-electron chi connectivity index (χ1n) is 8.98. The molecule has 0 unspecified atom stereocenters. The van der Waals surface area contributed by atoms with Crippen LogP contribution < -0.4 is 14.9 Å². The van der Waals surface area contributed by atoms with Crippen LogP contribution in [0.2, 0.25) is 0 Å². The number of amides is 1. The van der Waals surface area contributed by atoms with Crippen molar-refractivity contribution in [3.63, 3.8) is 0 Å². The van der Waals surface area contributed by atoms with Crippen LogP contribution in [0.4, 0.5) is 0 Å². The van der Waals surface area contributed by atoms with Crippen LogP contribution in [-0.4, -0.2) is 40.1 Å². The molecule has 0 atom stereocenters. The zero-order chi connectivity index (χ0) is 20.1. The number of hydrazone groups is 1. The van der Waals surface area contributed by atoms with Gasteiger partial charge in [-0.2, -0.15) is 5.10 Å². The largest absolute Gasteiger partial charge is 0.486 e. The summed E-state index contributed by atoms with van der Waals surface area (Å²) >= 11 is 1.59. The van der Waals surface area contributed by atoms with Gasteiger partial charge in [0, 0.05) is 18.4 Å². The third kappa shape index (κ3) is 4.75. The number of nitrogens with one attached hydrogen (secondary N) is 1. The molecule has 0 saturated carbocycles. The van der Waals surface area contributed by atoms with Crippen molar-refractivity contribution in [1.82, 2.24) is 20.2 Å². The Morgan fingerprint density at radius 1 is 1.21 bits per heavy atom. The van der Waals surface area contributed by atoms with Crippen molar-refractivity contribution in [2.45, 2.75) is 10.9 Å². The second-order valence-electron chi connectivity index (χ2n) is 6.31. The quantitative estimate of drug-likeness (QED) is 0.382. The van der Waals surface area contributed by atoms with E-state index in [0.29, 0.717) is 24.5 Å². The molecular formula is C20H19N5O3S. The van der Waals surface area contributed by atoms with Gasteiger partial charge in [0.05, 0.1) is 6.21 Å². The van der Waals surface area contributed by atoms with E-state index < -0.39 is 0 Å². The Hall–Kier alpha value is -3.33. The Labute approximate surface area is 171 Å². The number of carbonyl (C=O) groups is 1. The average Bonchev–Trinajstić information content (AvgIpc) is 3.17. The number of nitrogens with zero attached hydrogens (tertiary/aromatic N) is 4. The van der Waals surface area contributed by atoms with Crippen molar-refractivity contribution in [2.75, 3.05) is 13.2 Å². The topological polar surface area (TPSA) is 90.6 Å². The minimum Gasteiger partial charge on any atom is -0.486 e. The fraction of sp³-hybridized carbons (Fsp3) is 0.200. The number of thioether (sulfide) groups is 1. The fourth-order valence-electron chi connectivity index (χ4n) is 2.67. The third-order valence-electron chi connectivity index (χ3n) is 4.20. The van der Waals surface area contributed by atoms with Gasteiger partial charge in [-0.25, -0.2) is 5.43 Å². The van der Waals surface area contributed by atoms with E-state index in [4.69, 9.17) is 9.47 Å². The SMILES string of the molecule is Cn1cnnc1SCc1ccc(C(=O)NN=Cc2ccc3c(c2)OCCO3)cc1. The summed E-state index contributed by atoms with van der Waals surface area (Å²) in [5, 5.41) is 12.8. The van der Waals surface area contributed by atoms with Gasteiger partial charge < -0.3 is 14.0 Å². The average molecular weight is 409 g/mol. The van der Waals surface area contributed by atoms with E-state index in [1.165, 1.54) is 0 Å². The van der Waals surface area contributed by atoms with E-state index in [-0.39, 0.29) is 5.91 Å². The van der Waals surface area contributed by atoms with Crippen LogP contribution in [0.15, 0.2) is 59.0 Å². The number of rotatable bonds is 6. The summed E-state index contributed by atoms with van der Waals surface area (Å²) in [4.78, 5) is 12.3. The van der Waals surface area contributed by atoms with E-state index in [9.17, 15) is 4.79 Å². The number of fused-ring (bicyclic) bond motifs is 1. The summed E-state index contributed by atoms with van der Waals surface area (Å²) in [6.45, 7) is 1.08. The van der Waals surface area contributed by atoms with Crippen LogP contribution in [-0.2, 0) is 12.8 Å². The number of hydrogen-bond acceptors (Lipinski definition) is 7. The van der Waals surface area contributed by atoms with Crippen molar-refractivity contribution < 1.29 is 14.3 Å². The van der Waals surface area contributed by atoms with Crippen molar-refractivity contribution in [1.29, 1.82) is 0 Å². The molecule has 8 nitrogen and oxygen atoms in total. The summed E-state index contributed by atoms with van der Waals surface area (Å²) in [6, 6.07) is 12.9. The van der Waals surface area contributed by atoms with Gasteiger partial charge >= 0.3 is 0 Å². The highest BCUT2D eigenvalue weighted by Gasteiger charge is 2.11. The molecule has 0 radical (unpaired) electrons. The van der Waals surface area contributed by atoms with Gasteiger partial charge in [-0.3, -0.25) is 4.79 Å². The zero-order valence-electron chi connectivity index (χ0n) is 15.7. The van der Waals surface area contributed by atoms with Crippen molar-refractivity contribution in [3.8, 4) is 11.5 Å². The van der Waals surface area contributed by atoms with Gasteiger partial charge in [-0.05, 0) is 41.5 Å². The van der Waals surface area contributed by atoms with Crippen LogP contribution in [0, 0.1) is 0 Å². The Morgan fingerprint density at radius 2 is 2.00 bits per heavy atom. The maximum absolute atomic E-state index is 12.3. The van der Waals surface area contributed by atoms with Crippen molar-refractivity contribution >= 4 is 23.9 Å². The number of ether oxygens (including phenoxy) is 2. The van der Waals surface area contributed by atoms with Crippen LogP contribution in [0.5, 0.6) is 11.5 Å². The Kier molecular flexibility index (Phi) is 5.76. The number of aromatic nitrogens is 3. The van der Waals surface area contributed by atoms with E-state index in [0.717, 1.165) is 27.8 Å². The molecule has 0 aliphatic carbocycles. The Balaban J connectivity index is 1.31. The van der Waals surface area contributed by atoms with Gasteiger partial charge in [-0.1, -0.05) is 23.9 Å². The summed E-state index contributed by atoms with van der Waals surface area (Å²) in [5.74, 6) is 1.87. The van der Waals surface area contributed by atoms with E-state index in [2.05, 4.69) is 20.7 Å². The summed E-state index contributed by atoms with van der Waals surface area (Å²) < 4.78 is 12.9. The van der Waals surface area contributed by atoms with E-state index >= 15 is 0 Å². The molecule has 29 heavy (non-hydrogen) atoms. The molecule has 1 aliphatic heterocycles. The monoisotopic (exact) mass is 409 g/mol. The molecule has 1 aromatic heterocycles. The molecule has 0 spiro atoms. The van der Waals surface area contributed by atoms with Crippen molar-refractivity contribution in [2.24, 2.45) is 12.1 Å². The van der Waals surface area contributed by atoms with E-state index in [1.54, 1.807) is 36.4 Å². The van der Waals surface area contributed by atoms with Crippen LogP contribution in [0.25, 0.3) is 0 Å². The highest BCUT2D eigenvalue weighted by Crippen LogP contribution is 2.30. The number of hydrogen-bond donors (Lipinski definition) is 1. The first kappa shape index (κ1) is 19.0. The predicted octanol–water partition coefficient (Wildman–Crippen LogP) is 2.64. The molecule has 4 rings (SSSR count). The third-order valence-corrected chi connectivity index (χ3v) is 5.31.